The molecule has 1 aliphatic heterocycles. The highest BCUT2D eigenvalue weighted by molar-refractivity contribution is 7.07. The second-order valence-corrected chi connectivity index (χ2v) is 10.7. The van der Waals surface area contributed by atoms with Crippen molar-refractivity contribution in [1.29, 1.82) is 0 Å². The number of aromatic amines is 1. The number of benzene rings is 1. The standard InChI is InChI=1S/C28H24F6N6O2S/c1-40-11-16(10-28(32,33)34)23-22(27(40)42)25(37-21-12-43-13-36-21)24(39-23)15-6-7-35-20(8-15)38-26(41)18(9-19(30)31)14-2-4-17(29)5-3-14/h2-8,12-13,16,18-19,37,39H,9-11H2,1H3,(H,35,38,41)/t16-,18-/m1/s1. The molecular formula is C28H24F6N6O2S. The van der Waals surface area contributed by atoms with Crippen LogP contribution in [0.3, 0.4) is 0 Å². The van der Waals surface area contributed by atoms with Gasteiger partial charge in [-0.2, -0.15) is 13.2 Å². The van der Waals surface area contributed by atoms with Crippen LogP contribution in [0.15, 0.2) is 53.5 Å². The number of hydrogen-bond acceptors (Lipinski definition) is 6. The van der Waals surface area contributed by atoms with Crippen LogP contribution < -0.4 is 10.6 Å². The fraction of sp³-hybridized carbons (Fsp3) is 0.286. The molecule has 2 amide bonds. The van der Waals surface area contributed by atoms with Gasteiger partial charge < -0.3 is 20.5 Å². The number of fused-ring (bicyclic) bond motifs is 1. The first kappa shape index (κ1) is 30.1. The largest absolute Gasteiger partial charge is 0.389 e. The normalized spacial score (nSPS) is 15.9. The molecule has 8 nitrogen and oxygen atoms in total. The smallest absolute Gasteiger partial charge is 0.356 e. The minimum absolute atomic E-state index is 0.0294. The van der Waals surface area contributed by atoms with E-state index in [-0.39, 0.29) is 40.6 Å². The number of carbonyl (C=O) groups excluding carboxylic acids is 2. The van der Waals surface area contributed by atoms with Crippen molar-refractivity contribution in [1.82, 2.24) is 19.9 Å². The van der Waals surface area contributed by atoms with E-state index in [9.17, 15) is 35.9 Å². The van der Waals surface area contributed by atoms with E-state index in [0.717, 1.165) is 12.1 Å². The topological polar surface area (TPSA) is 103 Å². The summed E-state index contributed by atoms with van der Waals surface area (Å²) in [6.07, 6.45) is -7.99. The summed E-state index contributed by atoms with van der Waals surface area (Å²) in [5, 5.41) is 7.20. The molecule has 0 spiro atoms. The van der Waals surface area contributed by atoms with Gasteiger partial charge in [0.2, 0.25) is 12.3 Å². The number of H-pyrrole nitrogens is 1. The van der Waals surface area contributed by atoms with Crippen molar-refractivity contribution in [3.05, 3.63) is 76.1 Å². The predicted molar refractivity (Wildman–Crippen MR) is 148 cm³/mol. The van der Waals surface area contributed by atoms with Gasteiger partial charge in [-0.3, -0.25) is 9.59 Å². The molecule has 5 rings (SSSR count). The molecule has 4 aromatic rings. The van der Waals surface area contributed by atoms with Gasteiger partial charge in [0.1, 0.15) is 17.5 Å². The number of aromatic nitrogens is 3. The first-order valence-electron chi connectivity index (χ1n) is 12.9. The lowest BCUT2D eigenvalue weighted by molar-refractivity contribution is -0.139. The fourth-order valence-electron chi connectivity index (χ4n) is 5.07. The van der Waals surface area contributed by atoms with Crippen molar-refractivity contribution in [2.24, 2.45) is 0 Å². The number of nitrogens with one attached hydrogen (secondary N) is 3. The van der Waals surface area contributed by atoms with Crippen molar-refractivity contribution in [2.75, 3.05) is 24.2 Å². The number of likely N-dealkylation sites (N-methyl/N-ethyl adjacent to an activating group) is 1. The number of anilines is 3. The minimum Gasteiger partial charge on any atom is -0.356 e. The summed E-state index contributed by atoms with van der Waals surface area (Å²) in [6, 6.07) is 7.54. The van der Waals surface area contributed by atoms with Crippen molar-refractivity contribution in [3.8, 4) is 11.3 Å². The average molecular weight is 623 g/mol. The monoisotopic (exact) mass is 622 g/mol. The van der Waals surface area contributed by atoms with Crippen LogP contribution in [0.2, 0.25) is 0 Å². The van der Waals surface area contributed by atoms with Crippen molar-refractivity contribution < 1.29 is 35.9 Å². The Morgan fingerprint density at radius 1 is 1.16 bits per heavy atom. The SMILES string of the molecule is CN1C[C@@H](CC(F)(F)F)c2[nH]c(-c3ccnc(NC(=O)[C@H](CC(F)F)c4ccc(F)cc4)c3)c(Nc3cscn3)c2C1=O. The molecular weight excluding hydrogens is 598 g/mol. The first-order valence-corrected chi connectivity index (χ1v) is 13.9. The summed E-state index contributed by atoms with van der Waals surface area (Å²) >= 11 is 1.27. The molecule has 1 aromatic carbocycles. The number of nitrogens with zero attached hydrogens (tertiary/aromatic N) is 3. The third-order valence-electron chi connectivity index (χ3n) is 6.96. The van der Waals surface area contributed by atoms with Gasteiger partial charge in [0, 0.05) is 48.8 Å². The van der Waals surface area contributed by atoms with E-state index >= 15 is 0 Å². The fourth-order valence-corrected chi connectivity index (χ4v) is 5.55. The van der Waals surface area contributed by atoms with Gasteiger partial charge in [-0.05, 0) is 29.8 Å². The molecule has 0 radical (unpaired) electrons. The van der Waals surface area contributed by atoms with Gasteiger partial charge in [0.15, 0.2) is 0 Å². The Balaban J connectivity index is 1.53. The summed E-state index contributed by atoms with van der Waals surface area (Å²) in [6.45, 7) is -0.159. The summed E-state index contributed by atoms with van der Waals surface area (Å²) < 4.78 is 80.6. The van der Waals surface area contributed by atoms with Gasteiger partial charge in [-0.15, -0.1) is 11.3 Å². The lowest BCUT2D eigenvalue weighted by Crippen LogP contribution is -2.38. The molecule has 1 aliphatic rings. The van der Waals surface area contributed by atoms with E-state index in [1.807, 2.05) is 0 Å². The summed E-state index contributed by atoms with van der Waals surface area (Å²) in [4.78, 5) is 38.9. The maximum atomic E-state index is 13.5. The van der Waals surface area contributed by atoms with E-state index in [0.29, 0.717) is 11.4 Å². The molecule has 0 saturated heterocycles. The van der Waals surface area contributed by atoms with Crippen LogP contribution in [0, 0.1) is 5.82 Å². The Morgan fingerprint density at radius 3 is 2.56 bits per heavy atom. The molecule has 226 valence electrons. The van der Waals surface area contributed by atoms with Crippen LogP contribution in [-0.2, 0) is 4.79 Å². The highest BCUT2D eigenvalue weighted by atomic mass is 32.1. The van der Waals surface area contributed by atoms with Crippen molar-refractivity contribution in [2.45, 2.75) is 37.3 Å². The second kappa shape index (κ2) is 12.1. The number of rotatable bonds is 9. The Hall–Kier alpha value is -4.40. The van der Waals surface area contributed by atoms with Crippen molar-refractivity contribution >= 4 is 40.5 Å². The number of alkyl halides is 5. The zero-order chi connectivity index (χ0) is 30.9. The van der Waals surface area contributed by atoms with Crippen LogP contribution in [0.25, 0.3) is 11.3 Å². The number of hydrogen-bond donors (Lipinski definition) is 3. The summed E-state index contributed by atoms with van der Waals surface area (Å²) in [7, 11) is 1.42. The van der Waals surface area contributed by atoms with Crippen LogP contribution in [-0.4, -0.2) is 57.9 Å². The number of amides is 2. The molecule has 0 unspecified atom stereocenters. The van der Waals surface area contributed by atoms with E-state index in [1.165, 1.54) is 53.7 Å². The quantitative estimate of drug-likeness (QED) is 0.176. The van der Waals surface area contributed by atoms with Crippen LogP contribution in [0.4, 0.5) is 43.7 Å². The van der Waals surface area contributed by atoms with E-state index in [1.54, 1.807) is 10.9 Å². The van der Waals surface area contributed by atoms with Crippen LogP contribution in [0.1, 0.15) is 46.3 Å². The zero-order valence-corrected chi connectivity index (χ0v) is 23.2. The van der Waals surface area contributed by atoms with Crippen LogP contribution in [0.5, 0.6) is 0 Å². The second-order valence-electron chi connectivity index (χ2n) is 10.0. The highest BCUT2D eigenvalue weighted by Crippen LogP contribution is 2.44. The molecule has 2 atom stereocenters. The predicted octanol–water partition coefficient (Wildman–Crippen LogP) is 6.92. The van der Waals surface area contributed by atoms with Gasteiger partial charge in [-0.1, -0.05) is 12.1 Å². The number of halogens is 6. The van der Waals surface area contributed by atoms with E-state index in [2.05, 4.69) is 25.6 Å². The summed E-state index contributed by atoms with van der Waals surface area (Å²) in [5.74, 6) is -3.97. The Morgan fingerprint density at radius 2 is 1.91 bits per heavy atom. The average Bonchev–Trinajstić information content (AvgIpc) is 3.59. The van der Waals surface area contributed by atoms with Crippen LogP contribution >= 0.6 is 11.3 Å². The first-order chi connectivity index (χ1) is 20.4. The Bertz CT molecular complexity index is 1610. The van der Waals surface area contributed by atoms with Gasteiger partial charge in [0.05, 0.1) is 34.8 Å². The maximum absolute atomic E-state index is 13.5. The summed E-state index contributed by atoms with van der Waals surface area (Å²) in [5.41, 5.74) is 2.62. The molecule has 0 fully saturated rings. The van der Waals surface area contributed by atoms with Gasteiger partial charge in [-0.25, -0.2) is 23.1 Å². The van der Waals surface area contributed by atoms with Crippen molar-refractivity contribution in [3.63, 3.8) is 0 Å². The molecule has 15 heteroatoms. The lowest BCUT2D eigenvalue weighted by atomic mass is 9.92. The van der Waals surface area contributed by atoms with E-state index < -0.39 is 54.9 Å². The Labute approximate surface area is 245 Å². The molecule has 3 N–H and O–H groups in total. The molecule has 4 heterocycles. The lowest BCUT2D eigenvalue weighted by Gasteiger charge is -2.30. The highest BCUT2D eigenvalue weighted by Gasteiger charge is 2.41. The minimum atomic E-state index is -4.50. The zero-order valence-electron chi connectivity index (χ0n) is 22.4. The third-order valence-corrected chi connectivity index (χ3v) is 7.54. The van der Waals surface area contributed by atoms with Gasteiger partial charge >= 0.3 is 6.18 Å². The van der Waals surface area contributed by atoms with Gasteiger partial charge in [0.25, 0.3) is 5.91 Å². The number of carbonyl (C=O) groups is 2. The number of pyridine rings is 1. The molecule has 43 heavy (non-hydrogen) atoms. The Kier molecular flexibility index (Phi) is 8.44. The third kappa shape index (κ3) is 6.82. The number of thiazole rings is 1. The van der Waals surface area contributed by atoms with E-state index in [4.69, 9.17) is 0 Å². The molecule has 0 aliphatic carbocycles. The molecule has 3 aromatic heterocycles. The molecule has 0 bridgehead atoms. The molecule has 0 saturated carbocycles. The maximum Gasteiger partial charge on any atom is 0.389 e.